The summed E-state index contributed by atoms with van der Waals surface area (Å²) in [6, 6.07) is 9.40. The third-order valence-electron chi connectivity index (χ3n) is 5.99. The fourth-order valence-electron chi connectivity index (χ4n) is 3.99. The molecule has 0 radical (unpaired) electrons. The van der Waals surface area contributed by atoms with Gasteiger partial charge in [0, 0.05) is 46.7 Å². The summed E-state index contributed by atoms with van der Waals surface area (Å²) in [5.41, 5.74) is 1.65. The average molecular weight is 591 g/mol. The molecule has 2 amide bonds. The van der Waals surface area contributed by atoms with Gasteiger partial charge in [0.1, 0.15) is 6.04 Å². The molecule has 2 aromatic rings. The van der Waals surface area contributed by atoms with Crippen LogP contribution < -0.4 is 9.62 Å². The van der Waals surface area contributed by atoms with Gasteiger partial charge in [-0.2, -0.15) is 0 Å². The van der Waals surface area contributed by atoms with Crippen LogP contribution in [-0.4, -0.2) is 50.5 Å². The normalized spacial score (nSPS) is 12.2. The first-order chi connectivity index (χ1) is 17.4. The van der Waals surface area contributed by atoms with E-state index in [0.29, 0.717) is 44.8 Å². The Balaban J connectivity index is 2.29. The lowest BCUT2D eigenvalue weighted by Crippen LogP contribution is -2.49. The Hall–Kier alpha value is -2.00. The number of nitrogens with zero attached hydrogens (tertiary/aromatic N) is 2. The topological polar surface area (TPSA) is 86.8 Å². The summed E-state index contributed by atoms with van der Waals surface area (Å²) < 4.78 is 26.4. The molecule has 0 aromatic heterocycles. The van der Waals surface area contributed by atoms with E-state index in [9.17, 15) is 18.0 Å². The Morgan fingerprint density at radius 1 is 1.00 bits per heavy atom. The van der Waals surface area contributed by atoms with Crippen molar-refractivity contribution in [3.05, 3.63) is 62.6 Å². The number of anilines is 1. The van der Waals surface area contributed by atoms with Crippen LogP contribution in [0.3, 0.4) is 0 Å². The standard InChI is InChI=1S/C26H34Cl3N3O4S/c1-5-15-30-26(34)23(6-2)31(17-19-21(28)11-7-12-22(19)29)25(33)14-9-16-32(37(4,35)36)24-13-8-10-20(27)18(24)3/h7-8,10-13,23H,5-6,9,14-17H2,1-4H3,(H,30,34)/t23-/m0/s1. The van der Waals surface area contributed by atoms with Crippen LogP contribution in [0.1, 0.15) is 50.7 Å². The van der Waals surface area contributed by atoms with Crippen molar-refractivity contribution in [2.24, 2.45) is 0 Å². The van der Waals surface area contributed by atoms with Crippen molar-refractivity contribution in [1.29, 1.82) is 0 Å². The Morgan fingerprint density at radius 3 is 2.16 bits per heavy atom. The first-order valence-corrected chi connectivity index (χ1v) is 15.1. The van der Waals surface area contributed by atoms with E-state index in [-0.39, 0.29) is 37.7 Å². The minimum atomic E-state index is -3.63. The van der Waals surface area contributed by atoms with Crippen LogP contribution in [0, 0.1) is 6.92 Å². The van der Waals surface area contributed by atoms with Gasteiger partial charge < -0.3 is 10.2 Å². The summed E-state index contributed by atoms with van der Waals surface area (Å²) in [4.78, 5) is 27.9. The van der Waals surface area contributed by atoms with Crippen LogP contribution in [0.5, 0.6) is 0 Å². The van der Waals surface area contributed by atoms with E-state index >= 15 is 0 Å². The summed E-state index contributed by atoms with van der Waals surface area (Å²) in [5, 5.41) is 4.11. The largest absolute Gasteiger partial charge is 0.354 e. The summed E-state index contributed by atoms with van der Waals surface area (Å²) in [6.45, 7) is 6.15. The molecule has 0 saturated heterocycles. The number of halogens is 3. The van der Waals surface area contributed by atoms with E-state index in [4.69, 9.17) is 34.8 Å². The van der Waals surface area contributed by atoms with Crippen molar-refractivity contribution in [3.63, 3.8) is 0 Å². The zero-order valence-electron chi connectivity index (χ0n) is 21.6. The van der Waals surface area contributed by atoms with E-state index in [0.717, 1.165) is 12.7 Å². The molecule has 0 aliphatic heterocycles. The summed E-state index contributed by atoms with van der Waals surface area (Å²) >= 11 is 19.0. The van der Waals surface area contributed by atoms with Gasteiger partial charge in [0.2, 0.25) is 21.8 Å². The molecule has 11 heteroatoms. The number of hydrogen-bond acceptors (Lipinski definition) is 4. The molecule has 204 valence electrons. The van der Waals surface area contributed by atoms with Gasteiger partial charge in [0.15, 0.2) is 0 Å². The molecule has 37 heavy (non-hydrogen) atoms. The van der Waals surface area contributed by atoms with Gasteiger partial charge in [0.05, 0.1) is 11.9 Å². The van der Waals surface area contributed by atoms with Gasteiger partial charge in [-0.25, -0.2) is 8.42 Å². The van der Waals surface area contributed by atoms with E-state index in [1.54, 1.807) is 43.3 Å². The highest BCUT2D eigenvalue weighted by atomic mass is 35.5. The van der Waals surface area contributed by atoms with Crippen molar-refractivity contribution >= 4 is 62.3 Å². The predicted molar refractivity (Wildman–Crippen MR) is 152 cm³/mol. The zero-order chi connectivity index (χ0) is 27.8. The van der Waals surface area contributed by atoms with E-state index < -0.39 is 16.1 Å². The molecule has 2 rings (SSSR count). The first kappa shape index (κ1) is 31.2. The smallest absolute Gasteiger partial charge is 0.242 e. The molecule has 1 atom stereocenters. The summed E-state index contributed by atoms with van der Waals surface area (Å²) in [7, 11) is -3.63. The highest BCUT2D eigenvalue weighted by molar-refractivity contribution is 7.92. The van der Waals surface area contributed by atoms with Crippen LogP contribution in [0.15, 0.2) is 36.4 Å². The molecule has 0 aliphatic rings. The third kappa shape index (κ3) is 8.50. The number of rotatable bonds is 13. The van der Waals surface area contributed by atoms with Crippen molar-refractivity contribution in [2.45, 2.75) is 59.0 Å². The lowest BCUT2D eigenvalue weighted by Gasteiger charge is -2.31. The SMILES string of the molecule is CCCNC(=O)[C@H](CC)N(Cc1c(Cl)cccc1Cl)C(=O)CCCN(c1cccc(Cl)c1C)S(C)(=O)=O. The molecular weight excluding hydrogens is 557 g/mol. The second kappa shape index (κ2) is 14.2. The number of carbonyl (C=O) groups is 2. The van der Waals surface area contributed by atoms with Gasteiger partial charge >= 0.3 is 0 Å². The van der Waals surface area contributed by atoms with E-state index in [2.05, 4.69) is 5.32 Å². The fourth-order valence-corrected chi connectivity index (χ4v) is 5.69. The van der Waals surface area contributed by atoms with E-state index in [1.165, 1.54) is 9.21 Å². The van der Waals surface area contributed by atoms with Gasteiger partial charge in [-0.15, -0.1) is 0 Å². The van der Waals surface area contributed by atoms with Crippen molar-refractivity contribution in [2.75, 3.05) is 23.7 Å². The number of nitrogens with one attached hydrogen (secondary N) is 1. The van der Waals surface area contributed by atoms with Crippen molar-refractivity contribution < 1.29 is 18.0 Å². The molecule has 0 unspecified atom stereocenters. The van der Waals surface area contributed by atoms with E-state index in [1.807, 2.05) is 13.8 Å². The number of benzene rings is 2. The van der Waals surface area contributed by atoms with Crippen molar-refractivity contribution in [3.8, 4) is 0 Å². The van der Waals surface area contributed by atoms with Gasteiger partial charge in [-0.1, -0.05) is 60.8 Å². The molecule has 0 fully saturated rings. The second-order valence-electron chi connectivity index (χ2n) is 8.76. The van der Waals surface area contributed by atoms with Gasteiger partial charge in [-0.3, -0.25) is 13.9 Å². The lowest BCUT2D eigenvalue weighted by atomic mass is 10.1. The van der Waals surface area contributed by atoms with Crippen LogP contribution in [0.25, 0.3) is 0 Å². The first-order valence-electron chi connectivity index (χ1n) is 12.1. The number of hydrogen-bond donors (Lipinski definition) is 1. The summed E-state index contributed by atoms with van der Waals surface area (Å²) in [6.07, 6.45) is 2.52. The maximum atomic E-state index is 13.5. The van der Waals surface area contributed by atoms with Gasteiger partial charge in [0.25, 0.3) is 0 Å². The maximum Gasteiger partial charge on any atom is 0.242 e. The van der Waals surface area contributed by atoms with Crippen LogP contribution in [0.2, 0.25) is 15.1 Å². The Kier molecular flexibility index (Phi) is 12.0. The molecule has 0 spiro atoms. The zero-order valence-corrected chi connectivity index (χ0v) is 24.6. The molecule has 1 N–H and O–H groups in total. The molecule has 0 saturated carbocycles. The van der Waals surface area contributed by atoms with Crippen LogP contribution >= 0.6 is 34.8 Å². The molecule has 0 heterocycles. The average Bonchev–Trinajstić information content (AvgIpc) is 2.83. The Bertz CT molecular complexity index is 1190. The fraction of sp³-hybridized carbons (Fsp3) is 0.462. The third-order valence-corrected chi connectivity index (χ3v) is 8.28. The van der Waals surface area contributed by atoms with Crippen LogP contribution in [-0.2, 0) is 26.2 Å². The Morgan fingerprint density at radius 2 is 1.59 bits per heavy atom. The maximum absolute atomic E-state index is 13.5. The van der Waals surface area contributed by atoms with Gasteiger partial charge in [-0.05, 0) is 56.0 Å². The number of carbonyl (C=O) groups excluding carboxylic acids is 2. The Labute approximate surface area is 235 Å². The minimum absolute atomic E-state index is 0.0191. The lowest BCUT2D eigenvalue weighted by molar-refractivity contribution is -0.141. The predicted octanol–water partition coefficient (Wildman–Crippen LogP) is 5.84. The highest BCUT2D eigenvalue weighted by Crippen LogP contribution is 2.29. The molecular formula is C26H34Cl3N3O4S. The highest BCUT2D eigenvalue weighted by Gasteiger charge is 2.30. The van der Waals surface area contributed by atoms with Crippen LogP contribution in [0.4, 0.5) is 5.69 Å². The minimum Gasteiger partial charge on any atom is -0.354 e. The summed E-state index contributed by atoms with van der Waals surface area (Å²) in [5.74, 6) is -0.557. The molecule has 2 aromatic carbocycles. The monoisotopic (exact) mass is 589 g/mol. The number of sulfonamides is 1. The second-order valence-corrected chi connectivity index (χ2v) is 11.9. The number of amides is 2. The van der Waals surface area contributed by atoms with Crippen molar-refractivity contribution in [1.82, 2.24) is 10.2 Å². The molecule has 0 bridgehead atoms. The molecule has 0 aliphatic carbocycles. The quantitative estimate of drug-likeness (QED) is 0.318. The molecule has 7 nitrogen and oxygen atoms in total.